The molecule has 0 saturated heterocycles. The number of para-hydroxylation sites is 1. The summed E-state index contributed by atoms with van der Waals surface area (Å²) in [5.41, 5.74) is 0.552. The zero-order chi connectivity index (χ0) is 19.8. The fraction of sp³-hybridized carbons (Fsp3) is 0.632. The number of amides is 1. The molecule has 1 aliphatic carbocycles. The molecule has 1 saturated carbocycles. The Morgan fingerprint density at radius 1 is 1.19 bits per heavy atom. The highest BCUT2D eigenvalue weighted by molar-refractivity contribution is 7.86. The van der Waals surface area contributed by atoms with Crippen LogP contribution in [0.5, 0.6) is 5.75 Å². The molecule has 1 amide bonds. The second kappa shape index (κ2) is 7.41. The number of hydrogen-bond acceptors (Lipinski definition) is 4. The molecule has 8 heteroatoms. The molecule has 1 aromatic rings. The van der Waals surface area contributed by atoms with Crippen LogP contribution in [0.2, 0.25) is 0 Å². The predicted molar refractivity (Wildman–Crippen MR) is 104 cm³/mol. The third-order valence-corrected chi connectivity index (χ3v) is 7.74. The van der Waals surface area contributed by atoms with E-state index in [-0.39, 0.29) is 11.9 Å². The lowest BCUT2D eigenvalue weighted by molar-refractivity contribution is -0.132. The summed E-state index contributed by atoms with van der Waals surface area (Å²) >= 11 is 0. The number of carbonyl (C=O) groups is 1. The third-order valence-electron chi connectivity index (χ3n) is 5.79. The minimum Gasteiger partial charge on any atom is -0.485 e. The van der Waals surface area contributed by atoms with E-state index in [0.717, 1.165) is 11.3 Å². The van der Waals surface area contributed by atoms with Gasteiger partial charge in [0.1, 0.15) is 11.4 Å². The summed E-state index contributed by atoms with van der Waals surface area (Å²) < 4.78 is 34.0. The van der Waals surface area contributed by atoms with Crippen LogP contribution in [0.25, 0.3) is 0 Å². The molecular weight excluding hydrogens is 366 g/mol. The van der Waals surface area contributed by atoms with Gasteiger partial charge in [-0.05, 0) is 31.7 Å². The van der Waals surface area contributed by atoms with Gasteiger partial charge in [-0.3, -0.25) is 4.79 Å². The monoisotopic (exact) mass is 395 g/mol. The average molecular weight is 396 g/mol. The van der Waals surface area contributed by atoms with Gasteiger partial charge >= 0.3 is 0 Å². The molecule has 1 heterocycles. The van der Waals surface area contributed by atoms with Crippen molar-refractivity contribution in [1.29, 1.82) is 0 Å². The summed E-state index contributed by atoms with van der Waals surface area (Å²) in [6, 6.07) is 7.79. The maximum absolute atomic E-state index is 12.4. The van der Waals surface area contributed by atoms with Crippen LogP contribution in [0.15, 0.2) is 24.3 Å². The van der Waals surface area contributed by atoms with Crippen molar-refractivity contribution in [2.24, 2.45) is 0 Å². The lowest BCUT2D eigenvalue weighted by Crippen LogP contribution is -2.53. The van der Waals surface area contributed by atoms with Crippen LogP contribution >= 0.6 is 0 Å². The van der Waals surface area contributed by atoms with Crippen LogP contribution in [0.4, 0.5) is 0 Å². The van der Waals surface area contributed by atoms with E-state index in [2.05, 4.69) is 0 Å². The smallest absolute Gasteiger partial charge is 0.281 e. The highest BCUT2D eigenvalue weighted by Crippen LogP contribution is 2.39. The van der Waals surface area contributed by atoms with Crippen molar-refractivity contribution in [1.82, 2.24) is 13.5 Å². The second-order valence-electron chi connectivity index (χ2n) is 7.81. The highest BCUT2D eigenvalue weighted by Gasteiger charge is 2.44. The molecule has 7 nitrogen and oxygen atoms in total. The number of benzene rings is 1. The molecule has 0 aromatic heterocycles. The molecule has 0 atom stereocenters. The van der Waals surface area contributed by atoms with Gasteiger partial charge in [0.2, 0.25) is 5.91 Å². The predicted octanol–water partition coefficient (Wildman–Crippen LogP) is 1.85. The largest absolute Gasteiger partial charge is 0.485 e. The lowest BCUT2D eigenvalue weighted by atomic mass is 9.81. The van der Waals surface area contributed by atoms with E-state index < -0.39 is 15.8 Å². The minimum absolute atomic E-state index is 0.0316. The van der Waals surface area contributed by atoms with E-state index in [9.17, 15) is 13.2 Å². The van der Waals surface area contributed by atoms with Gasteiger partial charge in [0.05, 0.1) is 6.54 Å². The van der Waals surface area contributed by atoms with Crippen molar-refractivity contribution in [2.75, 3.05) is 27.7 Å². The van der Waals surface area contributed by atoms with Gasteiger partial charge in [0, 0.05) is 46.2 Å². The summed E-state index contributed by atoms with van der Waals surface area (Å²) in [4.78, 5) is 14.0. The summed E-state index contributed by atoms with van der Waals surface area (Å²) in [7, 11) is 1.30. The quantitative estimate of drug-likeness (QED) is 0.783. The van der Waals surface area contributed by atoms with Crippen molar-refractivity contribution in [3.8, 4) is 5.75 Å². The van der Waals surface area contributed by atoms with Crippen molar-refractivity contribution in [2.45, 2.75) is 50.8 Å². The first-order chi connectivity index (χ1) is 12.6. The number of ether oxygens (including phenoxy) is 1. The first-order valence-corrected chi connectivity index (χ1v) is 10.7. The van der Waals surface area contributed by atoms with Gasteiger partial charge in [0.25, 0.3) is 10.2 Å². The molecule has 1 aromatic carbocycles. The van der Waals surface area contributed by atoms with Gasteiger partial charge in [-0.2, -0.15) is 17.0 Å². The number of rotatable bonds is 3. The molecule has 1 aliphatic heterocycles. The van der Waals surface area contributed by atoms with Crippen LogP contribution in [0.1, 0.15) is 38.2 Å². The number of hydrogen-bond donors (Lipinski definition) is 0. The zero-order valence-corrected chi connectivity index (χ0v) is 17.3. The average Bonchev–Trinajstić information content (AvgIpc) is 2.78. The lowest BCUT2D eigenvalue weighted by Gasteiger charge is -2.43. The van der Waals surface area contributed by atoms with Gasteiger partial charge in [-0.25, -0.2) is 0 Å². The zero-order valence-electron chi connectivity index (χ0n) is 16.5. The standard InChI is InChI=1S/C19H29N3O4S/c1-15(23)22-13-16-7-5-6-8-18(16)26-19(14-22)11-9-17(10-12-19)21(4)27(24,25)20(2)3/h5-8,17H,9-14H2,1-4H3. The van der Waals surface area contributed by atoms with E-state index in [4.69, 9.17) is 4.74 Å². The molecule has 3 rings (SSSR count). The van der Waals surface area contributed by atoms with Crippen molar-refractivity contribution < 1.29 is 17.9 Å². The first kappa shape index (κ1) is 20.1. The summed E-state index contributed by atoms with van der Waals surface area (Å²) in [5, 5.41) is 0. The topological polar surface area (TPSA) is 70.2 Å². The first-order valence-electron chi connectivity index (χ1n) is 9.32. The SMILES string of the molecule is CC(=O)N1Cc2ccccc2OC2(CCC(N(C)S(=O)(=O)N(C)C)CC2)C1. The normalized spacial score (nSPS) is 26.0. The van der Waals surface area contributed by atoms with E-state index in [0.29, 0.717) is 38.8 Å². The van der Waals surface area contributed by atoms with E-state index >= 15 is 0 Å². The van der Waals surface area contributed by atoms with Gasteiger partial charge in [-0.15, -0.1) is 0 Å². The number of carbonyl (C=O) groups excluding carboxylic acids is 1. The molecule has 1 fully saturated rings. The van der Waals surface area contributed by atoms with E-state index in [1.807, 2.05) is 29.2 Å². The molecule has 1 spiro atoms. The fourth-order valence-corrected chi connectivity index (χ4v) is 5.13. The maximum Gasteiger partial charge on any atom is 0.281 e. The highest BCUT2D eigenvalue weighted by atomic mass is 32.2. The van der Waals surface area contributed by atoms with Crippen molar-refractivity contribution >= 4 is 16.1 Å². The Morgan fingerprint density at radius 3 is 2.41 bits per heavy atom. The Labute approximate surface area is 162 Å². The van der Waals surface area contributed by atoms with Crippen LogP contribution in [0, 0.1) is 0 Å². The van der Waals surface area contributed by atoms with Gasteiger partial charge in [-0.1, -0.05) is 18.2 Å². The van der Waals surface area contributed by atoms with E-state index in [1.54, 1.807) is 28.1 Å². The van der Waals surface area contributed by atoms with E-state index in [1.165, 1.54) is 8.61 Å². The maximum atomic E-state index is 12.4. The van der Waals surface area contributed by atoms with Crippen LogP contribution in [0.3, 0.4) is 0 Å². The molecular formula is C19H29N3O4S. The van der Waals surface area contributed by atoms with Crippen molar-refractivity contribution in [3.63, 3.8) is 0 Å². The van der Waals surface area contributed by atoms with Crippen molar-refractivity contribution in [3.05, 3.63) is 29.8 Å². The molecule has 2 aliphatic rings. The Kier molecular flexibility index (Phi) is 5.52. The Balaban J connectivity index is 1.80. The fourth-order valence-electron chi connectivity index (χ4n) is 4.03. The molecule has 0 unspecified atom stereocenters. The molecule has 0 radical (unpaired) electrons. The summed E-state index contributed by atoms with van der Waals surface area (Å²) in [6.45, 7) is 2.67. The Bertz CT molecular complexity index is 801. The van der Waals surface area contributed by atoms with Gasteiger partial charge < -0.3 is 9.64 Å². The molecule has 0 bridgehead atoms. The Morgan fingerprint density at radius 2 is 1.81 bits per heavy atom. The third kappa shape index (κ3) is 3.97. The van der Waals surface area contributed by atoms with Gasteiger partial charge in [0.15, 0.2) is 0 Å². The Hall–Kier alpha value is -1.64. The minimum atomic E-state index is -3.44. The molecule has 0 N–H and O–H groups in total. The second-order valence-corrected chi connectivity index (χ2v) is 10.0. The summed E-state index contributed by atoms with van der Waals surface area (Å²) in [6.07, 6.45) is 2.83. The van der Waals surface area contributed by atoms with Crippen LogP contribution < -0.4 is 4.74 Å². The molecule has 150 valence electrons. The molecule has 27 heavy (non-hydrogen) atoms. The number of nitrogens with zero attached hydrogens (tertiary/aromatic N) is 3. The van der Waals surface area contributed by atoms with Crippen LogP contribution in [-0.4, -0.2) is 67.2 Å². The van der Waals surface area contributed by atoms with Crippen LogP contribution in [-0.2, 0) is 21.5 Å². The summed E-state index contributed by atoms with van der Waals surface area (Å²) in [5.74, 6) is 0.859. The number of fused-ring (bicyclic) bond motifs is 1.